The van der Waals surface area contributed by atoms with E-state index in [4.69, 9.17) is 16.3 Å². The summed E-state index contributed by atoms with van der Waals surface area (Å²) in [5.74, 6) is -0.450. The zero-order valence-electron chi connectivity index (χ0n) is 14.8. The minimum absolute atomic E-state index is 0.0755. The van der Waals surface area contributed by atoms with Gasteiger partial charge in [-0.15, -0.1) is 0 Å². The summed E-state index contributed by atoms with van der Waals surface area (Å²) in [6, 6.07) is 3.10. The van der Waals surface area contributed by atoms with Crippen LogP contribution < -0.4 is 4.90 Å². The molecule has 0 aromatic carbocycles. The van der Waals surface area contributed by atoms with Gasteiger partial charge in [0, 0.05) is 38.7 Å². The van der Waals surface area contributed by atoms with Crippen molar-refractivity contribution in [1.82, 2.24) is 24.8 Å². The number of piperazine rings is 1. The number of hydrogen-bond acceptors (Lipinski definition) is 7. The van der Waals surface area contributed by atoms with Gasteiger partial charge in [-0.25, -0.2) is 19.7 Å². The Morgan fingerprint density at radius 3 is 2.68 bits per heavy atom. The largest absolute Gasteiger partial charge is 0.419 e. The third kappa shape index (κ3) is 3.11. The maximum absolute atomic E-state index is 12.8. The summed E-state index contributed by atoms with van der Waals surface area (Å²) in [4.78, 5) is 53.7. The quantitative estimate of drug-likeness (QED) is 0.739. The number of hydrogen-bond donors (Lipinski definition) is 0. The predicted molar refractivity (Wildman–Crippen MR) is 96.5 cm³/mol. The van der Waals surface area contributed by atoms with Crippen LogP contribution in [0.5, 0.6) is 0 Å². The molecule has 0 saturated carbocycles. The lowest BCUT2D eigenvalue weighted by molar-refractivity contribution is -0.134. The molecule has 28 heavy (non-hydrogen) atoms. The molecular weight excluding hydrogens is 388 g/mol. The minimum Gasteiger partial charge on any atom is -0.419 e. The number of likely N-dealkylation sites (N-methyl/N-ethyl adjacent to an activating group) is 1. The summed E-state index contributed by atoms with van der Waals surface area (Å²) in [5, 5.41) is 0.397. The van der Waals surface area contributed by atoms with Crippen LogP contribution in [0.2, 0.25) is 5.02 Å². The van der Waals surface area contributed by atoms with Crippen molar-refractivity contribution in [2.24, 2.45) is 0 Å². The second kappa shape index (κ2) is 7.04. The SMILES string of the molecule is CN1CCN(C(=O)O[C@@H]2c3nccnc3C(=O)N2c2ccc(Cl)cn2)CC1=O. The van der Waals surface area contributed by atoms with E-state index in [0.717, 1.165) is 0 Å². The highest BCUT2D eigenvalue weighted by Crippen LogP contribution is 2.35. The van der Waals surface area contributed by atoms with Gasteiger partial charge in [-0.05, 0) is 12.1 Å². The van der Waals surface area contributed by atoms with Gasteiger partial charge in [-0.2, -0.15) is 0 Å². The average molecular weight is 403 g/mol. The van der Waals surface area contributed by atoms with E-state index in [2.05, 4.69) is 15.0 Å². The molecule has 0 N–H and O–H groups in total. The first kappa shape index (κ1) is 18.1. The molecule has 1 saturated heterocycles. The van der Waals surface area contributed by atoms with Gasteiger partial charge in [0.1, 0.15) is 18.1 Å². The molecule has 0 bridgehead atoms. The zero-order valence-corrected chi connectivity index (χ0v) is 15.5. The fourth-order valence-corrected chi connectivity index (χ4v) is 3.08. The standard InChI is InChI=1S/C17H15ClN6O4/c1-22-6-7-23(9-12(22)25)17(27)28-16-14-13(19-4-5-20-14)15(26)24(16)11-3-2-10(18)8-21-11/h2-5,8,16H,6-7,9H2,1H3/t16-/m1/s1. The molecule has 2 aliphatic rings. The van der Waals surface area contributed by atoms with E-state index in [0.29, 0.717) is 18.1 Å². The van der Waals surface area contributed by atoms with Crippen LogP contribution in [0.15, 0.2) is 30.7 Å². The Hall–Kier alpha value is -3.27. The number of anilines is 1. The molecule has 0 aliphatic carbocycles. The molecular formula is C17H15ClN6O4. The van der Waals surface area contributed by atoms with Crippen molar-refractivity contribution in [2.75, 3.05) is 31.6 Å². The Kier molecular flexibility index (Phi) is 4.55. The first-order valence-corrected chi connectivity index (χ1v) is 8.79. The smallest absolute Gasteiger partial charge is 0.412 e. The second-order valence-electron chi connectivity index (χ2n) is 6.27. The van der Waals surface area contributed by atoms with Gasteiger partial charge in [0.05, 0.1) is 5.02 Å². The third-order valence-electron chi connectivity index (χ3n) is 4.50. The van der Waals surface area contributed by atoms with E-state index < -0.39 is 18.2 Å². The van der Waals surface area contributed by atoms with Gasteiger partial charge in [0.2, 0.25) is 12.1 Å². The number of carbonyl (C=O) groups is 3. The van der Waals surface area contributed by atoms with E-state index in [1.54, 1.807) is 13.1 Å². The summed E-state index contributed by atoms with van der Waals surface area (Å²) in [7, 11) is 1.67. The molecule has 0 radical (unpaired) electrons. The van der Waals surface area contributed by atoms with E-state index >= 15 is 0 Å². The monoisotopic (exact) mass is 402 g/mol. The minimum atomic E-state index is -1.15. The Morgan fingerprint density at radius 1 is 1.18 bits per heavy atom. The van der Waals surface area contributed by atoms with Crippen LogP contribution in [-0.2, 0) is 9.53 Å². The van der Waals surface area contributed by atoms with E-state index in [1.165, 1.54) is 39.4 Å². The van der Waals surface area contributed by atoms with Crippen molar-refractivity contribution < 1.29 is 19.1 Å². The molecule has 2 aromatic rings. The lowest BCUT2D eigenvalue weighted by Crippen LogP contribution is -2.51. The number of ether oxygens (including phenoxy) is 1. The normalized spacial score (nSPS) is 19.1. The van der Waals surface area contributed by atoms with Crippen molar-refractivity contribution >= 4 is 35.3 Å². The Labute approximate surface area is 164 Å². The molecule has 11 heteroatoms. The highest BCUT2D eigenvalue weighted by Gasteiger charge is 2.44. The molecule has 4 rings (SSSR count). The Morgan fingerprint density at radius 2 is 1.96 bits per heavy atom. The van der Waals surface area contributed by atoms with Gasteiger partial charge in [0.25, 0.3) is 5.91 Å². The van der Waals surface area contributed by atoms with Gasteiger partial charge in [-0.1, -0.05) is 11.6 Å². The maximum atomic E-state index is 12.8. The fourth-order valence-electron chi connectivity index (χ4n) is 2.96. The molecule has 10 nitrogen and oxygen atoms in total. The lowest BCUT2D eigenvalue weighted by atomic mass is 10.3. The van der Waals surface area contributed by atoms with Gasteiger partial charge in [-0.3, -0.25) is 19.5 Å². The second-order valence-corrected chi connectivity index (χ2v) is 6.71. The van der Waals surface area contributed by atoms with Crippen LogP contribution >= 0.6 is 11.6 Å². The summed E-state index contributed by atoms with van der Waals surface area (Å²) in [6.07, 6.45) is 2.30. The van der Waals surface area contributed by atoms with Crippen molar-refractivity contribution in [1.29, 1.82) is 0 Å². The van der Waals surface area contributed by atoms with Crippen molar-refractivity contribution in [3.05, 3.63) is 47.1 Å². The summed E-state index contributed by atoms with van der Waals surface area (Å²) < 4.78 is 5.57. The molecule has 1 fully saturated rings. The molecule has 0 spiro atoms. The van der Waals surface area contributed by atoms with Gasteiger partial charge in [0.15, 0.2) is 5.69 Å². The van der Waals surface area contributed by atoms with Crippen molar-refractivity contribution in [3.8, 4) is 0 Å². The van der Waals surface area contributed by atoms with Crippen LogP contribution in [0.4, 0.5) is 10.6 Å². The van der Waals surface area contributed by atoms with Crippen molar-refractivity contribution in [3.63, 3.8) is 0 Å². The highest BCUT2D eigenvalue weighted by molar-refractivity contribution is 6.30. The van der Waals surface area contributed by atoms with E-state index in [9.17, 15) is 14.4 Å². The number of nitrogens with zero attached hydrogens (tertiary/aromatic N) is 6. The molecule has 2 aromatic heterocycles. The molecule has 1 atom stereocenters. The Balaban J connectivity index is 1.64. The molecule has 144 valence electrons. The van der Waals surface area contributed by atoms with Crippen molar-refractivity contribution in [2.45, 2.75) is 6.23 Å². The Bertz CT molecular complexity index is 953. The predicted octanol–water partition coefficient (Wildman–Crippen LogP) is 1.09. The molecule has 4 heterocycles. The van der Waals surface area contributed by atoms with Crippen LogP contribution in [0, 0.1) is 0 Å². The topological polar surface area (TPSA) is 109 Å². The molecule has 0 unspecified atom stereocenters. The first-order valence-electron chi connectivity index (χ1n) is 8.41. The van der Waals surface area contributed by atoms with Crippen LogP contribution in [0.3, 0.4) is 0 Å². The first-order chi connectivity index (χ1) is 13.5. The van der Waals surface area contributed by atoms with E-state index in [1.807, 2.05) is 0 Å². The summed E-state index contributed by atoms with van der Waals surface area (Å²) in [6.45, 7) is 0.632. The van der Waals surface area contributed by atoms with Crippen LogP contribution in [0.25, 0.3) is 0 Å². The number of fused-ring (bicyclic) bond motifs is 1. The number of halogens is 1. The van der Waals surface area contributed by atoms with Crippen LogP contribution in [0.1, 0.15) is 22.4 Å². The number of carbonyl (C=O) groups excluding carboxylic acids is 3. The fraction of sp³-hybridized carbons (Fsp3) is 0.294. The summed E-state index contributed by atoms with van der Waals surface area (Å²) in [5.41, 5.74) is 0.282. The highest BCUT2D eigenvalue weighted by atomic mass is 35.5. The average Bonchev–Trinajstić information content (AvgIpc) is 2.97. The van der Waals surface area contributed by atoms with E-state index in [-0.39, 0.29) is 29.7 Å². The maximum Gasteiger partial charge on any atom is 0.412 e. The van der Waals surface area contributed by atoms with Crippen LogP contribution in [-0.4, -0.2) is 69.3 Å². The van der Waals surface area contributed by atoms with Gasteiger partial charge >= 0.3 is 6.09 Å². The number of aromatic nitrogens is 3. The molecule has 2 aliphatic heterocycles. The molecule has 3 amide bonds. The number of pyridine rings is 1. The number of amides is 3. The van der Waals surface area contributed by atoms with Gasteiger partial charge < -0.3 is 9.64 Å². The lowest BCUT2D eigenvalue weighted by Gasteiger charge is -2.32. The third-order valence-corrected chi connectivity index (χ3v) is 4.73. The number of rotatable bonds is 2. The summed E-state index contributed by atoms with van der Waals surface area (Å²) >= 11 is 5.87. The zero-order chi connectivity index (χ0) is 19.8.